The largest absolute Gasteiger partial charge is 0.412 e. The van der Waals surface area contributed by atoms with Crippen molar-refractivity contribution < 1.29 is 5.48 Å². The summed E-state index contributed by atoms with van der Waals surface area (Å²) in [6.07, 6.45) is 7.43. The van der Waals surface area contributed by atoms with E-state index in [0.717, 1.165) is 12.0 Å². The van der Waals surface area contributed by atoms with E-state index in [2.05, 4.69) is 11.9 Å². The van der Waals surface area contributed by atoms with Crippen LogP contribution in [0.2, 0.25) is 0 Å². The predicted molar refractivity (Wildman–Crippen MR) is 46.6 cm³/mol. The zero-order valence-corrected chi connectivity index (χ0v) is 7.34. The first kappa shape index (κ1) is 9.01. The normalized spacial score (nSPS) is 37.9. The number of hydrogen-bond acceptors (Lipinski definition) is 1. The molecule has 2 nitrogen and oxygen atoms in total. The Hall–Kier alpha value is -0.0800. The molecule has 0 amide bonds. The van der Waals surface area contributed by atoms with Crippen molar-refractivity contribution in [3.05, 3.63) is 0 Å². The van der Waals surface area contributed by atoms with Gasteiger partial charge in [0.15, 0.2) is 0 Å². The summed E-state index contributed by atoms with van der Waals surface area (Å²) in [7, 11) is 2.29. The Morgan fingerprint density at radius 3 is 2.55 bits per heavy atom. The maximum absolute atomic E-state index is 2.56. The molecule has 2 atom stereocenters. The molecule has 1 aliphatic heterocycles. The summed E-state index contributed by atoms with van der Waals surface area (Å²) in [4.78, 5) is 2.56. The molecule has 1 saturated carbocycles. The summed E-state index contributed by atoms with van der Waals surface area (Å²) in [6.45, 7) is 1.36. The molecule has 0 aromatic heterocycles. The summed E-state index contributed by atoms with van der Waals surface area (Å²) < 4.78 is 0. The molecule has 0 aromatic carbocycles. The lowest BCUT2D eigenvalue weighted by molar-refractivity contribution is 0.215. The van der Waals surface area contributed by atoms with Gasteiger partial charge in [-0.3, -0.25) is 0 Å². The summed E-state index contributed by atoms with van der Waals surface area (Å²) in [5.41, 5.74) is 0. The zero-order valence-electron chi connectivity index (χ0n) is 7.34. The highest BCUT2D eigenvalue weighted by Crippen LogP contribution is 2.34. The van der Waals surface area contributed by atoms with E-state index in [1.54, 1.807) is 0 Å². The Morgan fingerprint density at radius 2 is 1.82 bits per heavy atom. The quantitative estimate of drug-likeness (QED) is 0.517. The average Bonchev–Trinajstić information content (AvgIpc) is 2.34. The van der Waals surface area contributed by atoms with Crippen molar-refractivity contribution in [3.8, 4) is 0 Å². The molecule has 1 aliphatic carbocycles. The molecule has 11 heavy (non-hydrogen) atoms. The maximum Gasteiger partial charge on any atom is 0.0121 e. The van der Waals surface area contributed by atoms with Gasteiger partial charge in [-0.15, -0.1) is 0 Å². The number of fused-ring (bicyclic) bond motifs is 1. The van der Waals surface area contributed by atoms with Crippen molar-refractivity contribution in [2.24, 2.45) is 5.92 Å². The van der Waals surface area contributed by atoms with Crippen LogP contribution < -0.4 is 0 Å². The van der Waals surface area contributed by atoms with Gasteiger partial charge in [-0.1, -0.05) is 12.8 Å². The summed E-state index contributed by atoms with van der Waals surface area (Å²) in [5.74, 6) is 1.07. The summed E-state index contributed by atoms with van der Waals surface area (Å²) in [5, 5.41) is 0. The Balaban J connectivity index is 0.000000605. The van der Waals surface area contributed by atoms with Crippen molar-refractivity contribution >= 4 is 0 Å². The molecule has 1 heterocycles. The van der Waals surface area contributed by atoms with Crippen molar-refractivity contribution in [1.82, 2.24) is 4.90 Å². The summed E-state index contributed by atoms with van der Waals surface area (Å²) >= 11 is 0. The molecular weight excluding hydrogens is 138 g/mol. The van der Waals surface area contributed by atoms with Crippen LogP contribution in [0.15, 0.2) is 0 Å². The minimum absolute atomic E-state index is 0. The van der Waals surface area contributed by atoms with Crippen molar-refractivity contribution in [2.45, 2.75) is 38.1 Å². The second-order valence-corrected chi connectivity index (χ2v) is 3.88. The Bertz CT molecular complexity index is 125. The first-order chi connectivity index (χ1) is 4.88. The molecule has 0 bridgehead atoms. The maximum atomic E-state index is 2.56. The molecule has 66 valence electrons. The molecule has 2 unspecified atom stereocenters. The van der Waals surface area contributed by atoms with Gasteiger partial charge in [0.05, 0.1) is 0 Å². The lowest BCUT2D eigenvalue weighted by atomic mass is 9.85. The van der Waals surface area contributed by atoms with Crippen LogP contribution in [0.3, 0.4) is 0 Å². The molecule has 2 aliphatic rings. The van der Waals surface area contributed by atoms with E-state index < -0.39 is 0 Å². The molecule has 2 N–H and O–H groups in total. The second-order valence-electron chi connectivity index (χ2n) is 3.88. The molecule has 2 fully saturated rings. The van der Waals surface area contributed by atoms with Gasteiger partial charge in [-0.25, -0.2) is 0 Å². The monoisotopic (exact) mass is 157 g/mol. The SMILES string of the molecule is CN1CCC2CCCCC21.O. The van der Waals surface area contributed by atoms with Crippen LogP contribution in [0.25, 0.3) is 0 Å². The lowest BCUT2D eigenvalue weighted by Gasteiger charge is -2.28. The van der Waals surface area contributed by atoms with E-state index in [-0.39, 0.29) is 5.48 Å². The molecule has 0 radical (unpaired) electrons. The number of hydrogen-bond donors (Lipinski definition) is 0. The Kier molecular flexibility index (Phi) is 2.90. The average molecular weight is 157 g/mol. The van der Waals surface area contributed by atoms with Gasteiger partial charge in [0.2, 0.25) is 0 Å². The third kappa shape index (κ3) is 1.57. The van der Waals surface area contributed by atoms with Gasteiger partial charge in [0.25, 0.3) is 0 Å². The molecule has 0 spiro atoms. The van der Waals surface area contributed by atoms with Crippen LogP contribution in [0.5, 0.6) is 0 Å². The predicted octanol–water partition coefficient (Wildman–Crippen LogP) is 1.06. The van der Waals surface area contributed by atoms with Crippen molar-refractivity contribution in [3.63, 3.8) is 0 Å². The fourth-order valence-corrected chi connectivity index (χ4v) is 2.64. The van der Waals surface area contributed by atoms with Crippen LogP contribution in [0.4, 0.5) is 0 Å². The fraction of sp³-hybridized carbons (Fsp3) is 1.00. The van der Waals surface area contributed by atoms with E-state index in [1.807, 2.05) is 0 Å². The highest BCUT2D eigenvalue weighted by Gasteiger charge is 2.32. The third-order valence-corrected chi connectivity index (χ3v) is 3.29. The van der Waals surface area contributed by atoms with Crippen LogP contribution in [0.1, 0.15) is 32.1 Å². The van der Waals surface area contributed by atoms with Gasteiger partial charge >= 0.3 is 0 Å². The molecular formula is C9H19NO. The van der Waals surface area contributed by atoms with E-state index in [0.29, 0.717) is 0 Å². The first-order valence-corrected chi connectivity index (χ1v) is 4.58. The first-order valence-electron chi connectivity index (χ1n) is 4.58. The topological polar surface area (TPSA) is 34.7 Å². The zero-order chi connectivity index (χ0) is 6.97. The van der Waals surface area contributed by atoms with Gasteiger partial charge in [-0.05, 0) is 38.8 Å². The molecule has 2 rings (SSSR count). The smallest absolute Gasteiger partial charge is 0.0121 e. The highest BCUT2D eigenvalue weighted by atomic mass is 16.0. The molecule has 1 saturated heterocycles. The molecule has 0 aromatic rings. The Labute approximate surface area is 68.9 Å². The van der Waals surface area contributed by atoms with Crippen molar-refractivity contribution in [2.75, 3.05) is 13.6 Å². The van der Waals surface area contributed by atoms with Gasteiger partial charge < -0.3 is 10.4 Å². The van der Waals surface area contributed by atoms with E-state index in [9.17, 15) is 0 Å². The molecule has 2 heteroatoms. The van der Waals surface area contributed by atoms with Gasteiger partial charge in [0.1, 0.15) is 0 Å². The van der Waals surface area contributed by atoms with E-state index in [1.165, 1.54) is 38.6 Å². The number of nitrogens with zero attached hydrogens (tertiary/aromatic N) is 1. The standard InChI is InChI=1S/C9H17N.H2O/c1-10-7-6-8-4-2-3-5-9(8)10;/h8-9H,2-7H2,1H3;1H2. The third-order valence-electron chi connectivity index (χ3n) is 3.29. The van der Waals surface area contributed by atoms with Gasteiger partial charge in [0, 0.05) is 6.04 Å². The number of rotatable bonds is 0. The minimum atomic E-state index is 0. The van der Waals surface area contributed by atoms with Crippen LogP contribution in [0, 0.1) is 5.92 Å². The number of likely N-dealkylation sites (tertiary alicyclic amines) is 1. The lowest BCUT2D eigenvalue weighted by Crippen LogP contribution is -2.31. The summed E-state index contributed by atoms with van der Waals surface area (Å²) in [6, 6.07) is 0.966. The van der Waals surface area contributed by atoms with Crippen LogP contribution in [-0.4, -0.2) is 30.0 Å². The van der Waals surface area contributed by atoms with Crippen LogP contribution in [-0.2, 0) is 0 Å². The highest BCUT2D eigenvalue weighted by molar-refractivity contribution is 4.87. The fourth-order valence-electron chi connectivity index (χ4n) is 2.64. The van der Waals surface area contributed by atoms with Gasteiger partial charge in [-0.2, -0.15) is 0 Å². The van der Waals surface area contributed by atoms with Crippen LogP contribution >= 0.6 is 0 Å². The van der Waals surface area contributed by atoms with E-state index >= 15 is 0 Å². The van der Waals surface area contributed by atoms with Crippen molar-refractivity contribution in [1.29, 1.82) is 0 Å². The Morgan fingerprint density at radius 1 is 1.09 bits per heavy atom. The second kappa shape index (κ2) is 3.55. The van der Waals surface area contributed by atoms with E-state index in [4.69, 9.17) is 0 Å². The minimum Gasteiger partial charge on any atom is -0.412 e.